The van der Waals surface area contributed by atoms with Crippen molar-refractivity contribution in [2.75, 3.05) is 0 Å². The largest absolute Gasteiger partial charge is 0.324 e. The van der Waals surface area contributed by atoms with Crippen LogP contribution in [0.2, 0.25) is 0 Å². The smallest absolute Gasteiger partial charge is 0.117 e. The topological polar surface area (TPSA) is 17.8 Å². The number of aromatic nitrogens is 2. The van der Waals surface area contributed by atoms with Crippen LogP contribution in [0.15, 0.2) is 61.2 Å². The molecule has 3 rings (SSSR count). The van der Waals surface area contributed by atoms with Gasteiger partial charge in [0.15, 0.2) is 0 Å². The second-order valence-electron chi connectivity index (χ2n) is 6.92. The summed E-state index contributed by atoms with van der Waals surface area (Å²) in [7, 11) is 0. The first-order valence-electron chi connectivity index (χ1n) is 8.75. The maximum absolute atomic E-state index is 4.89. The van der Waals surface area contributed by atoms with Gasteiger partial charge in [-0.2, -0.15) is 0 Å². The van der Waals surface area contributed by atoms with E-state index in [1.807, 2.05) is 12.1 Å². The van der Waals surface area contributed by atoms with Crippen molar-refractivity contribution in [3.8, 4) is 0 Å². The van der Waals surface area contributed by atoms with Gasteiger partial charge in [-0.1, -0.05) is 63.2 Å². The molecule has 0 aliphatic carbocycles. The molecule has 1 heterocycles. The van der Waals surface area contributed by atoms with Crippen LogP contribution in [0, 0.1) is 5.92 Å². The molecule has 0 amide bonds. The van der Waals surface area contributed by atoms with Gasteiger partial charge in [-0.25, -0.2) is 4.98 Å². The molecule has 3 aromatic rings. The molecule has 0 radical (unpaired) electrons. The third kappa shape index (κ3) is 3.28. The molecular weight excluding hydrogens is 292 g/mol. The quantitative estimate of drug-likeness (QED) is 0.543. The first-order chi connectivity index (χ1) is 11.6. The summed E-state index contributed by atoms with van der Waals surface area (Å²) in [6, 6.07) is 17.3. The van der Waals surface area contributed by atoms with E-state index in [9.17, 15) is 0 Å². The molecule has 124 valence electrons. The molecule has 2 nitrogen and oxygen atoms in total. The molecule has 1 atom stereocenters. The van der Waals surface area contributed by atoms with E-state index >= 15 is 0 Å². The summed E-state index contributed by atoms with van der Waals surface area (Å²) in [5.41, 5.74) is 4.94. The van der Waals surface area contributed by atoms with E-state index in [0.29, 0.717) is 5.92 Å². The SMILES string of the molecule is C=CCn1c([C@@H](C)c2ccc(CC(C)C)cc2)nc2ccccc21. The Labute approximate surface area is 144 Å². The molecule has 1 aromatic heterocycles. The zero-order chi connectivity index (χ0) is 17.1. The van der Waals surface area contributed by atoms with Crippen molar-refractivity contribution >= 4 is 11.0 Å². The van der Waals surface area contributed by atoms with E-state index in [4.69, 9.17) is 4.98 Å². The summed E-state index contributed by atoms with van der Waals surface area (Å²) >= 11 is 0. The number of benzene rings is 2. The highest BCUT2D eigenvalue weighted by molar-refractivity contribution is 5.76. The third-order valence-corrected chi connectivity index (χ3v) is 4.51. The molecule has 0 spiro atoms. The van der Waals surface area contributed by atoms with E-state index in [1.54, 1.807) is 0 Å². The maximum atomic E-state index is 4.89. The summed E-state index contributed by atoms with van der Waals surface area (Å²) in [5, 5.41) is 0. The number of allylic oxidation sites excluding steroid dienone is 1. The van der Waals surface area contributed by atoms with Crippen molar-refractivity contribution in [1.82, 2.24) is 9.55 Å². The minimum absolute atomic E-state index is 0.255. The number of hydrogen-bond donors (Lipinski definition) is 0. The number of para-hydroxylation sites is 2. The molecule has 0 unspecified atom stereocenters. The highest BCUT2D eigenvalue weighted by atomic mass is 15.1. The molecule has 0 saturated heterocycles. The molecule has 2 aromatic carbocycles. The molecule has 0 aliphatic heterocycles. The molecule has 0 fully saturated rings. The van der Waals surface area contributed by atoms with Crippen LogP contribution in [0.3, 0.4) is 0 Å². The van der Waals surface area contributed by atoms with E-state index in [2.05, 4.69) is 74.4 Å². The molecule has 0 saturated carbocycles. The van der Waals surface area contributed by atoms with Gasteiger partial charge in [0.05, 0.1) is 11.0 Å². The highest BCUT2D eigenvalue weighted by Gasteiger charge is 2.17. The van der Waals surface area contributed by atoms with Crippen molar-refractivity contribution in [2.24, 2.45) is 5.92 Å². The zero-order valence-corrected chi connectivity index (χ0v) is 14.9. The molecular formula is C22H26N2. The van der Waals surface area contributed by atoms with Crippen LogP contribution >= 0.6 is 0 Å². The van der Waals surface area contributed by atoms with Crippen molar-refractivity contribution in [3.05, 3.63) is 78.1 Å². The summed E-state index contributed by atoms with van der Waals surface area (Å²) in [6.07, 6.45) is 3.07. The monoisotopic (exact) mass is 318 g/mol. The summed E-state index contributed by atoms with van der Waals surface area (Å²) in [6.45, 7) is 11.4. The number of imidazole rings is 1. The number of nitrogens with zero attached hydrogens (tertiary/aromatic N) is 2. The minimum Gasteiger partial charge on any atom is -0.324 e. The van der Waals surface area contributed by atoms with E-state index in [1.165, 1.54) is 16.6 Å². The van der Waals surface area contributed by atoms with Crippen LogP contribution < -0.4 is 0 Å². The predicted molar refractivity (Wildman–Crippen MR) is 102 cm³/mol. The van der Waals surface area contributed by atoms with Crippen LogP contribution in [-0.4, -0.2) is 9.55 Å². The summed E-state index contributed by atoms with van der Waals surface area (Å²) in [5.74, 6) is 2.04. The first-order valence-corrected chi connectivity index (χ1v) is 8.75. The van der Waals surface area contributed by atoms with Gasteiger partial charge in [0, 0.05) is 12.5 Å². The van der Waals surface area contributed by atoms with Crippen molar-refractivity contribution in [1.29, 1.82) is 0 Å². The number of rotatable bonds is 6. The fourth-order valence-electron chi connectivity index (χ4n) is 3.31. The van der Waals surface area contributed by atoms with E-state index < -0.39 is 0 Å². The molecule has 0 N–H and O–H groups in total. The Morgan fingerprint density at radius 2 is 1.75 bits per heavy atom. The fourth-order valence-corrected chi connectivity index (χ4v) is 3.31. The lowest BCUT2D eigenvalue weighted by Gasteiger charge is -2.15. The number of hydrogen-bond acceptors (Lipinski definition) is 1. The Morgan fingerprint density at radius 3 is 2.42 bits per heavy atom. The van der Waals surface area contributed by atoms with Gasteiger partial charge in [-0.15, -0.1) is 6.58 Å². The van der Waals surface area contributed by atoms with E-state index in [-0.39, 0.29) is 5.92 Å². The average molecular weight is 318 g/mol. The van der Waals surface area contributed by atoms with Crippen LogP contribution in [-0.2, 0) is 13.0 Å². The average Bonchev–Trinajstić information content (AvgIpc) is 2.94. The third-order valence-electron chi connectivity index (χ3n) is 4.51. The van der Waals surface area contributed by atoms with E-state index in [0.717, 1.165) is 24.3 Å². The van der Waals surface area contributed by atoms with Gasteiger partial charge >= 0.3 is 0 Å². The van der Waals surface area contributed by atoms with Crippen LogP contribution in [0.4, 0.5) is 0 Å². The second-order valence-corrected chi connectivity index (χ2v) is 6.92. The lowest BCUT2D eigenvalue weighted by molar-refractivity contribution is 0.646. The Morgan fingerprint density at radius 1 is 1.04 bits per heavy atom. The maximum Gasteiger partial charge on any atom is 0.117 e. The molecule has 24 heavy (non-hydrogen) atoms. The Kier molecular flexibility index (Phi) is 4.84. The minimum atomic E-state index is 0.255. The van der Waals surface area contributed by atoms with Crippen LogP contribution in [0.5, 0.6) is 0 Å². The van der Waals surface area contributed by atoms with Crippen molar-refractivity contribution < 1.29 is 0 Å². The molecule has 0 aliphatic rings. The number of fused-ring (bicyclic) bond motifs is 1. The predicted octanol–water partition coefficient (Wildman–Crippen LogP) is 5.57. The summed E-state index contributed by atoms with van der Waals surface area (Å²) in [4.78, 5) is 4.89. The fraction of sp³-hybridized carbons (Fsp3) is 0.318. The van der Waals surface area contributed by atoms with Crippen molar-refractivity contribution in [3.63, 3.8) is 0 Å². The normalized spacial score (nSPS) is 12.7. The van der Waals surface area contributed by atoms with Gasteiger partial charge in [0.25, 0.3) is 0 Å². The van der Waals surface area contributed by atoms with Gasteiger partial charge in [-0.05, 0) is 35.6 Å². The highest BCUT2D eigenvalue weighted by Crippen LogP contribution is 2.28. The summed E-state index contributed by atoms with van der Waals surface area (Å²) < 4.78 is 2.27. The Bertz CT molecular complexity index is 825. The Hall–Kier alpha value is -2.35. The van der Waals surface area contributed by atoms with Gasteiger partial charge < -0.3 is 4.57 Å². The Balaban J connectivity index is 1.97. The second kappa shape index (κ2) is 7.04. The first kappa shape index (κ1) is 16.5. The lowest BCUT2D eigenvalue weighted by atomic mass is 9.96. The van der Waals surface area contributed by atoms with Crippen molar-refractivity contribution in [2.45, 2.75) is 39.7 Å². The standard InChI is InChI=1S/C22H26N2/c1-5-14-24-21-9-7-6-8-20(21)23-22(24)17(4)19-12-10-18(11-13-19)15-16(2)3/h5-13,16-17H,1,14-15H2,2-4H3/t17-/m0/s1. The van der Waals surface area contributed by atoms with Crippen LogP contribution in [0.1, 0.15) is 43.6 Å². The molecule has 2 heteroatoms. The lowest BCUT2D eigenvalue weighted by Crippen LogP contribution is -2.07. The van der Waals surface area contributed by atoms with Gasteiger partial charge in [0.1, 0.15) is 5.82 Å². The van der Waals surface area contributed by atoms with Gasteiger partial charge in [-0.3, -0.25) is 0 Å². The zero-order valence-electron chi connectivity index (χ0n) is 14.9. The molecule has 0 bridgehead atoms. The van der Waals surface area contributed by atoms with Gasteiger partial charge in [0.2, 0.25) is 0 Å². The van der Waals surface area contributed by atoms with Crippen LogP contribution in [0.25, 0.3) is 11.0 Å².